The van der Waals surface area contributed by atoms with E-state index in [1.165, 1.54) is 6.08 Å². The molecule has 0 spiro atoms. The first kappa shape index (κ1) is 22.2. The van der Waals surface area contributed by atoms with Gasteiger partial charge in [-0.15, -0.1) is 0 Å². The van der Waals surface area contributed by atoms with Crippen molar-refractivity contribution in [1.82, 2.24) is 0 Å². The third kappa shape index (κ3) is 5.78. The van der Waals surface area contributed by atoms with E-state index in [0.29, 0.717) is 31.6 Å². The number of aliphatic hydroxyl groups excluding tert-OH is 2. The zero-order valence-corrected chi connectivity index (χ0v) is 16.7. The number of carboxylic acids is 1. The van der Waals surface area contributed by atoms with Gasteiger partial charge < -0.3 is 24.8 Å². The molecule has 2 aliphatic rings. The van der Waals surface area contributed by atoms with E-state index < -0.39 is 30.4 Å². The topological polar surface area (TPSA) is 113 Å². The monoisotopic (exact) mass is 416 g/mol. The van der Waals surface area contributed by atoms with E-state index in [0.717, 1.165) is 5.56 Å². The van der Waals surface area contributed by atoms with Gasteiger partial charge in [0.25, 0.3) is 0 Å². The molecule has 1 heterocycles. The first-order chi connectivity index (χ1) is 14.5. The van der Waals surface area contributed by atoms with Crippen molar-refractivity contribution in [1.29, 1.82) is 0 Å². The Balaban J connectivity index is 1.55. The highest BCUT2D eigenvalue weighted by atomic mass is 16.7. The number of benzene rings is 1. The van der Waals surface area contributed by atoms with Crippen molar-refractivity contribution in [3.05, 3.63) is 54.1 Å². The minimum absolute atomic E-state index is 0.0638. The summed E-state index contributed by atoms with van der Waals surface area (Å²) in [6.45, 7) is 0.335. The SMILES string of the molecule is O=C(O)CCC/C=C\C[C@H]1[C@@H](O)CC(=O)[C@@H]1/C=C/[C@@H](O)[C@@H]1OCc2ccccc2O1. The number of ketones is 1. The molecule has 1 aliphatic heterocycles. The van der Waals surface area contributed by atoms with Crippen LogP contribution in [0.3, 0.4) is 0 Å². The van der Waals surface area contributed by atoms with Crippen molar-refractivity contribution in [2.75, 3.05) is 0 Å². The summed E-state index contributed by atoms with van der Waals surface area (Å²) >= 11 is 0. The molecule has 1 aromatic carbocycles. The van der Waals surface area contributed by atoms with Crippen molar-refractivity contribution >= 4 is 11.8 Å². The van der Waals surface area contributed by atoms with Gasteiger partial charge in [-0.05, 0) is 25.3 Å². The smallest absolute Gasteiger partial charge is 0.303 e. The zero-order chi connectivity index (χ0) is 21.5. The Morgan fingerprint density at radius 2 is 2.07 bits per heavy atom. The lowest BCUT2D eigenvalue weighted by Gasteiger charge is -2.28. The highest BCUT2D eigenvalue weighted by Gasteiger charge is 2.39. The van der Waals surface area contributed by atoms with Crippen LogP contribution in [-0.2, 0) is 20.9 Å². The molecule has 3 N–H and O–H groups in total. The second-order valence-corrected chi connectivity index (χ2v) is 7.70. The van der Waals surface area contributed by atoms with E-state index in [2.05, 4.69) is 0 Å². The molecule has 3 rings (SSSR count). The third-order valence-corrected chi connectivity index (χ3v) is 5.49. The molecule has 0 bridgehead atoms. The molecule has 162 valence electrons. The molecule has 0 aromatic heterocycles. The fourth-order valence-electron chi connectivity index (χ4n) is 3.83. The third-order valence-electron chi connectivity index (χ3n) is 5.49. The summed E-state index contributed by atoms with van der Waals surface area (Å²) in [5, 5.41) is 29.3. The van der Waals surface area contributed by atoms with Gasteiger partial charge in [0.2, 0.25) is 6.29 Å². The number of Topliss-reactive ketones (excluding diaryl/α,β-unsaturated/α-hetero) is 1. The van der Waals surface area contributed by atoms with Gasteiger partial charge in [0.1, 0.15) is 17.6 Å². The molecule has 7 heteroatoms. The molecule has 5 atom stereocenters. The van der Waals surface area contributed by atoms with E-state index in [9.17, 15) is 19.8 Å². The van der Waals surface area contributed by atoms with Crippen LogP contribution in [0.4, 0.5) is 0 Å². The van der Waals surface area contributed by atoms with Gasteiger partial charge in [0, 0.05) is 30.2 Å². The average Bonchev–Trinajstić information content (AvgIpc) is 3.00. The molecular weight excluding hydrogens is 388 g/mol. The van der Waals surface area contributed by atoms with E-state index in [1.54, 1.807) is 6.08 Å². The molecule has 0 radical (unpaired) electrons. The Morgan fingerprint density at radius 1 is 1.27 bits per heavy atom. The summed E-state index contributed by atoms with van der Waals surface area (Å²) in [6.07, 6.45) is 6.18. The predicted molar refractivity (Wildman–Crippen MR) is 109 cm³/mol. The molecular formula is C23H28O7. The number of carbonyl (C=O) groups excluding carboxylic acids is 1. The van der Waals surface area contributed by atoms with Crippen molar-refractivity contribution in [3.8, 4) is 5.75 Å². The summed E-state index contributed by atoms with van der Waals surface area (Å²) in [5.41, 5.74) is 0.911. The van der Waals surface area contributed by atoms with Crippen LogP contribution in [0.5, 0.6) is 5.75 Å². The second-order valence-electron chi connectivity index (χ2n) is 7.70. The molecule has 1 saturated carbocycles. The van der Waals surface area contributed by atoms with Crippen molar-refractivity contribution in [2.24, 2.45) is 11.8 Å². The van der Waals surface area contributed by atoms with Crippen molar-refractivity contribution in [2.45, 2.75) is 57.2 Å². The van der Waals surface area contributed by atoms with Gasteiger partial charge in [-0.2, -0.15) is 0 Å². The van der Waals surface area contributed by atoms with Gasteiger partial charge in [0.15, 0.2) is 0 Å². The number of ether oxygens (including phenoxy) is 2. The number of carbonyl (C=O) groups is 2. The number of aliphatic hydroxyl groups is 2. The minimum atomic E-state index is -1.05. The number of para-hydroxylation sites is 1. The van der Waals surface area contributed by atoms with Crippen molar-refractivity contribution in [3.63, 3.8) is 0 Å². The van der Waals surface area contributed by atoms with Crippen LogP contribution in [0.1, 0.15) is 37.7 Å². The molecule has 0 amide bonds. The highest BCUT2D eigenvalue weighted by Crippen LogP contribution is 2.34. The summed E-state index contributed by atoms with van der Waals surface area (Å²) in [6, 6.07) is 7.45. The van der Waals surface area contributed by atoms with Crippen LogP contribution in [0.25, 0.3) is 0 Å². The quantitative estimate of drug-likeness (QED) is 0.419. The van der Waals surface area contributed by atoms with E-state index >= 15 is 0 Å². The van der Waals surface area contributed by atoms with Crippen LogP contribution in [0.15, 0.2) is 48.6 Å². The lowest BCUT2D eigenvalue weighted by molar-refractivity contribution is -0.152. The first-order valence-electron chi connectivity index (χ1n) is 10.3. The van der Waals surface area contributed by atoms with Crippen LogP contribution in [0.2, 0.25) is 0 Å². The molecule has 1 fully saturated rings. The summed E-state index contributed by atoms with van der Waals surface area (Å²) in [4.78, 5) is 22.8. The maximum absolute atomic E-state index is 12.3. The standard InChI is InChI=1S/C23H28O7/c24-18(23-29-14-15-7-5-6-9-21(15)30-23)12-11-17-16(19(25)13-20(17)26)8-3-1-2-4-10-22(27)28/h1,3,5-7,9,11-12,16-19,23-25H,2,4,8,10,13-14H2,(H,27,28)/b3-1-,12-11+/t16-,17-,18-,19+,23-/m1/s1. The fourth-order valence-corrected chi connectivity index (χ4v) is 3.83. The normalized spacial score (nSPS) is 27.3. The van der Waals surface area contributed by atoms with Crippen LogP contribution >= 0.6 is 0 Å². The Kier molecular flexibility index (Phi) is 7.79. The van der Waals surface area contributed by atoms with E-state index in [-0.39, 0.29) is 24.5 Å². The van der Waals surface area contributed by atoms with Gasteiger partial charge in [0.05, 0.1) is 12.7 Å². The van der Waals surface area contributed by atoms with E-state index in [4.69, 9.17) is 14.6 Å². The zero-order valence-electron chi connectivity index (χ0n) is 16.7. The fraction of sp³-hybridized carbons (Fsp3) is 0.478. The van der Waals surface area contributed by atoms with Crippen molar-refractivity contribution < 1.29 is 34.4 Å². The molecule has 7 nitrogen and oxygen atoms in total. The molecule has 1 aliphatic carbocycles. The Bertz CT molecular complexity index is 800. The summed E-state index contributed by atoms with van der Waals surface area (Å²) in [5.74, 6) is -0.983. The average molecular weight is 416 g/mol. The predicted octanol–water partition coefficient (Wildman–Crippen LogP) is 2.61. The number of unbranched alkanes of at least 4 members (excludes halogenated alkanes) is 1. The minimum Gasteiger partial charge on any atom is -0.481 e. The highest BCUT2D eigenvalue weighted by molar-refractivity contribution is 5.86. The number of allylic oxidation sites excluding steroid dienone is 3. The number of fused-ring (bicyclic) bond motifs is 1. The Labute approximate surface area is 175 Å². The lowest BCUT2D eigenvalue weighted by atomic mass is 9.90. The summed E-state index contributed by atoms with van der Waals surface area (Å²) in [7, 11) is 0. The molecule has 1 aromatic rings. The number of aliphatic carboxylic acids is 1. The van der Waals surface area contributed by atoms with E-state index in [1.807, 2.05) is 36.4 Å². The van der Waals surface area contributed by atoms with Gasteiger partial charge >= 0.3 is 5.97 Å². The van der Waals surface area contributed by atoms with Crippen LogP contribution in [0, 0.1) is 11.8 Å². The number of hydrogen-bond acceptors (Lipinski definition) is 6. The van der Waals surface area contributed by atoms with Gasteiger partial charge in [-0.25, -0.2) is 0 Å². The maximum Gasteiger partial charge on any atom is 0.303 e. The number of rotatable bonds is 9. The Morgan fingerprint density at radius 3 is 2.87 bits per heavy atom. The lowest BCUT2D eigenvalue weighted by Crippen LogP contribution is -2.36. The first-order valence-corrected chi connectivity index (χ1v) is 10.3. The molecule has 0 saturated heterocycles. The molecule has 30 heavy (non-hydrogen) atoms. The summed E-state index contributed by atoms with van der Waals surface area (Å²) < 4.78 is 11.3. The van der Waals surface area contributed by atoms with Crippen LogP contribution in [-0.4, -0.2) is 45.6 Å². The maximum atomic E-state index is 12.3. The van der Waals surface area contributed by atoms with Gasteiger partial charge in [-0.3, -0.25) is 9.59 Å². The number of hydrogen-bond donors (Lipinski definition) is 3. The Hall–Kier alpha value is -2.48. The largest absolute Gasteiger partial charge is 0.481 e. The van der Waals surface area contributed by atoms with Crippen LogP contribution < -0.4 is 4.74 Å². The van der Waals surface area contributed by atoms with Gasteiger partial charge in [-0.1, -0.05) is 42.5 Å². The molecule has 0 unspecified atom stereocenters. The second kappa shape index (κ2) is 10.5. The number of carboxylic acid groups (broad SMARTS) is 1.